The van der Waals surface area contributed by atoms with Gasteiger partial charge in [0.15, 0.2) is 6.61 Å². The van der Waals surface area contributed by atoms with Crippen LogP contribution >= 0.6 is 0 Å². The summed E-state index contributed by atoms with van der Waals surface area (Å²) in [4.78, 5) is 11.3. The van der Waals surface area contributed by atoms with E-state index in [2.05, 4.69) is 10.5 Å². The monoisotopic (exact) mass is 234 g/mol. The Morgan fingerprint density at radius 3 is 2.65 bits per heavy atom. The molecule has 17 heavy (non-hydrogen) atoms. The largest absolute Gasteiger partial charge is 0.484 e. The third-order valence-corrected chi connectivity index (χ3v) is 1.95. The first-order valence-electron chi connectivity index (χ1n) is 5.59. The Balaban J connectivity index is 2.31. The maximum absolute atomic E-state index is 11.3. The highest BCUT2D eigenvalue weighted by Crippen LogP contribution is 2.10. The average Bonchev–Trinajstić information content (AvgIpc) is 2.28. The Kier molecular flexibility index (Phi) is 5.20. The van der Waals surface area contributed by atoms with Crippen LogP contribution in [0, 0.1) is 12.8 Å². The average molecular weight is 234 g/mol. The van der Waals surface area contributed by atoms with Crippen LogP contribution in [0.25, 0.3) is 0 Å². The van der Waals surface area contributed by atoms with E-state index in [-0.39, 0.29) is 12.5 Å². The third-order valence-electron chi connectivity index (χ3n) is 1.95. The summed E-state index contributed by atoms with van der Waals surface area (Å²) in [6, 6.07) is 7.54. The summed E-state index contributed by atoms with van der Waals surface area (Å²) in [5.41, 5.74) is 3.56. The molecule has 4 heteroatoms. The lowest BCUT2D eigenvalue weighted by Crippen LogP contribution is -2.24. The maximum Gasteiger partial charge on any atom is 0.277 e. The van der Waals surface area contributed by atoms with Crippen molar-refractivity contribution < 1.29 is 9.53 Å². The highest BCUT2D eigenvalue weighted by Gasteiger charge is 2.00. The Hall–Kier alpha value is -1.84. The molecule has 0 radical (unpaired) electrons. The lowest BCUT2D eigenvalue weighted by atomic mass is 10.2. The molecule has 0 fully saturated rings. The summed E-state index contributed by atoms with van der Waals surface area (Å²) in [7, 11) is 0. The predicted octanol–water partition coefficient (Wildman–Crippen LogP) is 2.13. The number of aryl methyl sites for hydroxylation is 1. The van der Waals surface area contributed by atoms with Crippen LogP contribution in [0.5, 0.6) is 5.75 Å². The zero-order valence-electron chi connectivity index (χ0n) is 10.4. The minimum atomic E-state index is -0.262. The molecular weight excluding hydrogens is 216 g/mol. The molecule has 4 nitrogen and oxygen atoms in total. The van der Waals surface area contributed by atoms with Crippen molar-refractivity contribution in [1.29, 1.82) is 0 Å². The normalized spacial score (nSPS) is 10.8. The van der Waals surface area contributed by atoms with Gasteiger partial charge in [-0.2, -0.15) is 5.10 Å². The second kappa shape index (κ2) is 6.68. The van der Waals surface area contributed by atoms with Gasteiger partial charge in [0.05, 0.1) is 0 Å². The van der Waals surface area contributed by atoms with E-state index in [9.17, 15) is 4.79 Å². The van der Waals surface area contributed by atoms with Crippen LogP contribution in [-0.4, -0.2) is 18.7 Å². The lowest BCUT2D eigenvalue weighted by molar-refractivity contribution is -0.123. The molecule has 0 aliphatic heterocycles. The molecule has 1 amide bonds. The number of carbonyl (C=O) groups is 1. The lowest BCUT2D eigenvalue weighted by Gasteiger charge is -2.05. The molecule has 0 unspecified atom stereocenters. The number of hydrazone groups is 1. The second-order valence-corrected chi connectivity index (χ2v) is 4.16. The van der Waals surface area contributed by atoms with Crippen molar-refractivity contribution >= 4 is 12.1 Å². The Labute approximate surface area is 102 Å². The number of hydrogen-bond donors (Lipinski definition) is 1. The number of rotatable bonds is 5. The van der Waals surface area contributed by atoms with Gasteiger partial charge in [0.2, 0.25) is 0 Å². The second-order valence-electron chi connectivity index (χ2n) is 4.16. The van der Waals surface area contributed by atoms with Crippen LogP contribution in [0.4, 0.5) is 0 Å². The van der Waals surface area contributed by atoms with Gasteiger partial charge in [0.25, 0.3) is 5.91 Å². The number of benzene rings is 1. The van der Waals surface area contributed by atoms with Gasteiger partial charge in [-0.1, -0.05) is 31.5 Å². The van der Waals surface area contributed by atoms with Crippen molar-refractivity contribution in [2.75, 3.05) is 6.61 Å². The molecule has 0 heterocycles. The summed E-state index contributed by atoms with van der Waals surface area (Å²) in [5.74, 6) is 0.731. The first-order chi connectivity index (χ1) is 8.08. The molecule has 1 rings (SSSR count). The fraction of sp³-hybridized carbons (Fsp3) is 0.385. The first kappa shape index (κ1) is 13.2. The van der Waals surface area contributed by atoms with E-state index in [1.807, 2.05) is 45.0 Å². The molecule has 0 saturated heterocycles. The van der Waals surface area contributed by atoms with E-state index in [1.54, 1.807) is 6.21 Å². The van der Waals surface area contributed by atoms with Gasteiger partial charge >= 0.3 is 0 Å². The van der Waals surface area contributed by atoms with Crippen LogP contribution in [-0.2, 0) is 4.79 Å². The topological polar surface area (TPSA) is 50.7 Å². The maximum atomic E-state index is 11.3. The van der Waals surface area contributed by atoms with E-state index < -0.39 is 0 Å². The van der Waals surface area contributed by atoms with Gasteiger partial charge in [-0.3, -0.25) is 4.79 Å². The van der Waals surface area contributed by atoms with E-state index in [1.165, 1.54) is 0 Å². The van der Waals surface area contributed by atoms with E-state index >= 15 is 0 Å². The standard InChI is InChI=1S/C13H18N2O2/c1-10(2)8-14-15-13(16)9-17-12-6-4-11(3)5-7-12/h4-8,10H,9H2,1-3H3,(H,15,16)/b14-8+. The molecule has 0 aromatic heterocycles. The van der Waals surface area contributed by atoms with Crippen molar-refractivity contribution in [2.24, 2.45) is 11.0 Å². The zero-order chi connectivity index (χ0) is 12.7. The van der Waals surface area contributed by atoms with Gasteiger partial charge < -0.3 is 4.74 Å². The molecule has 0 bridgehead atoms. The molecule has 0 atom stereocenters. The highest BCUT2D eigenvalue weighted by molar-refractivity contribution is 5.78. The third kappa shape index (κ3) is 5.70. The summed E-state index contributed by atoms with van der Waals surface area (Å²) < 4.78 is 5.29. The highest BCUT2D eigenvalue weighted by atomic mass is 16.5. The fourth-order valence-electron chi connectivity index (χ4n) is 1.07. The Morgan fingerprint density at radius 1 is 1.41 bits per heavy atom. The van der Waals surface area contributed by atoms with Crippen LogP contribution in [0.2, 0.25) is 0 Å². The molecule has 1 N–H and O–H groups in total. The van der Waals surface area contributed by atoms with E-state index in [0.717, 1.165) is 5.56 Å². The minimum Gasteiger partial charge on any atom is -0.484 e. The number of amides is 1. The number of nitrogens with one attached hydrogen (secondary N) is 1. The predicted molar refractivity (Wildman–Crippen MR) is 68.1 cm³/mol. The minimum absolute atomic E-state index is 0.0293. The van der Waals surface area contributed by atoms with Crippen molar-refractivity contribution in [3.63, 3.8) is 0 Å². The number of hydrogen-bond acceptors (Lipinski definition) is 3. The van der Waals surface area contributed by atoms with Crippen LogP contribution < -0.4 is 10.2 Å². The first-order valence-corrected chi connectivity index (χ1v) is 5.59. The SMILES string of the molecule is Cc1ccc(OCC(=O)N/N=C/C(C)C)cc1. The van der Waals surface area contributed by atoms with E-state index in [4.69, 9.17) is 4.74 Å². The molecule has 1 aromatic rings. The quantitative estimate of drug-likeness (QED) is 0.626. The molecule has 92 valence electrons. The summed E-state index contributed by atoms with van der Waals surface area (Å²) >= 11 is 0. The summed E-state index contributed by atoms with van der Waals surface area (Å²) in [6.07, 6.45) is 1.67. The van der Waals surface area contributed by atoms with Crippen LogP contribution in [0.3, 0.4) is 0 Å². The van der Waals surface area contributed by atoms with Crippen LogP contribution in [0.15, 0.2) is 29.4 Å². The van der Waals surface area contributed by atoms with Gasteiger partial charge in [0, 0.05) is 6.21 Å². The Bertz CT molecular complexity index is 383. The van der Waals surface area contributed by atoms with Crippen LogP contribution in [0.1, 0.15) is 19.4 Å². The fourth-order valence-corrected chi connectivity index (χ4v) is 1.07. The van der Waals surface area contributed by atoms with Gasteiger partial charge in [-0.25, -0.2) is 5.43 Å². The number of carbonyl (C=O) groups excluding carboxylic acids is 1. The zero-order valence-corrected chi connectivity index (χ0v) is 10.4. The van der Waals surface area contributed by atoms with E-state index in [0.29, 0.717) is 11.7 Å². The summed E-state index contributed by atoms with van der Waals surface area (Å²) in [5, 5.41) is 3.79. The number of nitrogens with zero attached hydrogens (tertiary/aromatic N) is 1. The summed E-state index contributed by atoms with van der Waals surface area (Å²) in [6.45, 7) is 5.94. The Morgan fingerprint density at radius 2 is 2.06 bits per heavy atom. The smallest absolute Gasteiger partial charge is 0.277 e. The van der Waals surface area contributed by atoms with Crippen molar-refractivity contribution in [2.45, 2.75) is 20.8 Å². The molecule has 0 saturated carbocycles. The molecule has 0 spiro atoms. The van der Waals surface area contributed by atoms with Gasteiger partial charge in [0.1, 0.15) is 5.75 Å². The molecule has 0 aliphatic rings. The van der Waals surface area contributed by atoms with Crippen molar-refractivity contribution in [3.8, 4) is 5.75 Å². The van der Waals surface area contributed by atoms with Crippen molar-refractivity contribution in [3.05, 3.63) is 29.8 Å². The van der Waals surface area contributed by atoms with Gasteiger partial charge in [-0.15, -0.1) is 0 Å². The molecule has 1 aromatic carbocycles. The number of ether oxygens (including phenoxy) is 1. The van der Waals surface area contributed by atoms with Gasteiger partial charge in [-0.05, 0) is 25.0 Å². The molecular formula is C13H18N2O2. The molecule has 0 aliphatic carbocycles. The van der Waals surface area contributed by atoms with Crippen molar-refractivity contribution in [1.82, 2.24) is 5.43 Å².